The molecule has 0 spiro atoms. The number of nitrogens with zero attached hydrogens (tertiary/aromatic N) is 4. The van der Waals surface area contributed by atoms with E-state index in [0.29, 0.717) is 17.0 Å². The number of anilines is 1. The molecule has 0 unspecified atom stereocenters. The summed E-state index contributed by atoms with van der Waals surface area (Å²) in [5.41, 5.74) is 1.33. The molecule has 3 aromatic rings. The van der Waals surface area contributed by atoms with Crippen molar-refractivity contribution in [3.05, 3.63) is 70.0 Å². The second-order valence-corrected chi connectivity index (χ2v) is 8.70. The van der Waals surface area contributed by atoms with Crippen LogP contribution in [0.2, 0.25) is 0 Å². The molecule has 0 atom stereocenters. The van der Waals surface area contributed by atoms with Crippen LogP contribution in [0.1, 0.15) is 11.3 Å². The molecule has 0 bridgehead atoms. The molecule has 1 aliphatic rings. The Labute approximate surface area is 184 Å². The van der Waals surface area contributed by atoms with Crippen LogP contribution in [0.25, 0.3) is 5.69 Å². The second-order valence-electron chi connectivity index (χ2n) is 7.03. The number of nitrogens with one attached hydrogen (secondary N) is 1. The van der Waals surface area contributed by atoms with Crippen molar-refractivity contribution >= 4 is 34.9 Å². The Hall–Kier alpha value is -3.38. The van der Waals surface area contributed by atoms with Crippen molar-refractivity contribution in [2.45, 2.75) is 13.0 Å². The Kier molecular flexibility index (Phi) is 5.89. The third-order valence-corrected chi connectivity index (χ3v) is 6.60. The average Bonchev–Trinajstić information content (AvgIpc) is 2.79. The molecule has 0 amide bonds. The fourth-order valence-corrected chi connectivity index (χ4v) is 4.75. The van der Waals surface area contributed by atoms with Gasteiger partial charge in [0, 0.05) is 6.20 Å². The van der Waals surface area contributed by atoms with Crippen LogP contribution in [0.4, 0.5) is 10.2 Å². The number of hydrogen-bond donors (Lipinski definition) is 1. The van der Waals surface area contributed by atoms with Crippen LogP contribution in [0.15, 0.2) is 47.4 Å². The van der Waals surface area contributed by atoms with E-state index in [4.69, 9.17) is 4.74 Å². The molecular weight excluding hydrogens is 436 g/mol. The van der Waals surface area contributed by atoms with Crippen molar-refractivity contribution in [2.75, 3.05) is 18.4 Å². The molecule has 0 aliphatic carbocycles. The van der Waals surface area contributed by atoms with E-state index in [2.05, 4.69) is 21.4 Å². The zero-order valence-corrected chi connectivity index (χ0v) is 18.0. The number of pyridine rings is 1. The van der Waals surface area contributed by atoms with Gasteiger partial charge in [-0.2, -0.15) is 5.10 Å². The maximum atomic E-state index is 14.5. The summed E-state index contributed by atoms with van der Waals surface area (Å²) < 4.78 is 50.5. The van der Waals surface area contributed by atoms with Gasteiger partial charge in [0.25, 0.3) is 0 Å². The number of aromatic nitrogens is 3. The molecule has 1 N–H and O–H groups in total. The molecule has 12 heteroatoms. The van der Waals surface area contributed by atoms with Gasteiger partial charge < -0.3 is 0 Å². The van der Waals surface area contributed by atoms with E-state index in [-0.39, 0.29) is 42.0 Å². The Morgan fingerprint density at radius 2 is 2.09 bits per heavy atom. The van der Waals surface area contributed by atoms with E-state index < -0.39 is 16.0 Å². The molecule has 1 aliphatic heterocycles. The van der Waals surface area contributed by atoms with E-state index in [0.717, 1.165) is 0 Å². The molecule has 2 aromatic heterocycles. The molecule has 9 nitrogen and oxygen atoms in total. The van der Waals surface area contributed by atoms with E-state index in [1.165, 1.54) is 53.4 Å². The van der Waals surface area contributed by atoms with Crippen LogP contribution < -0.4 is 20.5 Å². The quantitative estimate of drug-likeness (QED) is 0.535. The molecule has 164 valence electrons. The van der Waals surface area contributed by atoms with Crippen molar-refractivity contribution in [1.29, 1.82) is 0 Å². The first-order valence-corrected chi connectivity index (χ1v) is 11.1. The van der Waals surface area contributed by atoms with Crippen LogP contribution in [0, 0.1) is 5.82 Å². The van der Waals surface area contributed by atoms with E-state index in [1.807, 2.05) is 0 Å². The molecule has 0 fully saturated rings. The third-order valence-electron chi connectivity index (χ3n) is 5.14. The summed E-state index contributed by atoms with van der Waals surface area (Å²) in [5.74, 6) is -0.143. The van der Waals surface area contributed by atoms with Crippen LogP contribution in [0.3, 0.4) is 0 Å². The third kappa shape index (κ3) is 4.06. The first kappa shape index (κ1) is 21.8. The molecule has 0 saturated carbocycles. The summed E-state index contributed by atoms with van der Waals surface area (Å²) in [6.45, 7) is 5.08. The minimum atomic E-state index is -3.90. The van der Waals surface area contributed by atoms with Gasteiger partial charge in [-0.1, -0.05) is 0 Å². The van der Waals surface area contributed by atoms with Crippen molar-refractivity contribution < 1.29 is 17.5 Å². The first-order valence-electron chi connectivity index (χ1n) is 9.64. The fourth-order valence-electron chi connectivity index (χ4n) is 3.61. The molecule has 0 saturated heterocycles. The maximum absolute atomic E-state index is 14.5. The molecule has 3 heterocycles. The van der Waals surface area contributed by atoms with Gasteiger partial charge in [-0.25, -0.2) is 0 Å². The predicted octanol–water partition coefficient (Wildman–Crippen LogP) is 0.252. The number of fused-ring (bicyclic) bond motifs is 1. The Bertz CT molecular complexity index is 1350. The van der Waals surface area contributed by atoms with Crippen LogP contribution in [-0.4, -0.2) is 54.5 Å². The summed E-state index contributed by atoms with van der Waals surface area (Å²) in [4.78, 5) is 12.8. The van der Waals surface area contributed by atoms with E-state index in [1.54, 1.807) is 12.1 Å². The molecule has 4 rings (SSSR count). The Morgan fingerprint density at radius 3 is 2.78 bits per heavy atom. The van der Waals surface area contributed by atoms with Crippen molar-refractivity contribution in [3.8, 4) is 11.4 Å². The van der Waals surface area contributed by atoms with Gasteiger partial charge in [0.2, 0.25) is 0 Å². The minimum absolute atomic E-state index is 0.0285. The van der Waals surface area contributed by atoms with Gasteiger partial charge in [0.1, 0.15) is 0 Å². The van der Waals surface area contributed by atoms with Gasteiger partial charge in [-0.05, 0) is 12.1 Å². The molecule has 0 radical (unpaired) electrons. The predicted molar refractivity (Wildman–Crippen MR) is 120 cm³/mol. The molecular formula is C20H19BFN5O4S. The molecule has 32 heavy (non-hydrogen) atoms. The van der Waals surface area contributed by atoms with Crippen molar-refractivity contribution in [2.24, 2.45) is 0 Å². The number of benzene rings is 1. The monoisotopic (exact) mass is 455 g/mol. The SMILES string of the molecule is C=Bc1cc(OC)c(-n2c3c(ccc2=O)CN(S(=O)(=O)Nc2cccnn2)CC3)cc1F. The summed E-state index contributed by atoms with van der Waals surface area (Å²) in [7, 11) is -2.47. The summed E-state index contributed by atoms with van der Waals surface area (Å²) >= 11 is 0. The van der Waals surface area contributed by atoms with E-state index in [9.17, 15) is 17.6 Å². The summed E-state index contributed by atoms with van der Waals surface area (Å²) in [6.07, 6.45) is 1.67. The average molecular weight is 455 g/mol. The zero-order valence-electron chi connectivity index (χ0n) is 17.2. The Balaban J connectivity index is 1.73. The van der Waals surface area contributed by atoms with Crippen molar-refractivity contribution in [3.63, 3.8) is 0 Å². The van der Waals surface area contributed by atoms with E-state index >= 15 is 0 Å². The normalized spacial score (nSPS) is 13.8. The van der Waals surface area contributed by atoms with Gasteiger partial charge in [-0.3, -0.25) is 0 Å². The van der Waals surface area contributed by atoms with Crippen LogP contribution in [-0.2, 0) is 23.2 Å². The van der Waals surface area contributed by atoms with Gasteiger partial charge in [0.05, 0.1) is 0 Å². The first-order chi connectivity index (χ1) is 15.3. The number of halogens is 1. The number of methoxy groups -OCH3 is 1. The summed E-state index contributed by atoms with van der Waals surface area (Å²) in [6, 6.07) is 8.65. The van der Waals surface area contributed by atoms with Crippen LogP contribution >= 0.6 is 0 Å². The number of ether oxygens (including phenoxy) is 1. The van der Waals surface area contributed by atoms with Crippen molar-refractivity contribution in [1.82, 2.24) is 19.1 Å². The Morgan fingerprint density at radius 1 is 1.28 bits per heavy atom. The standard InChI is InChI=1S/C20H19BFN5O4S/c1-21-14-10-18(31-2)17(11-15(14)22)27-16-7-9-26(12-13(16)5-6-20(27)28)32(29,30)25-19-4-3-8-23-24-19/h3-6,8,10-11H,1,7,9,12H2,2H3,(H,24,25). The van der Waals surface area contributed by atoms with Gasteiger partial charge in [0.15, 0.2) is 0 Å². The topological polar surface area (TPSA) is 106 Å². The molecule has 1 aromatic carbocycles. The summed E-state index contributed by atoms with van der Waals surface area (Å²) in [5, 5.41) is 7.40. The van der Waals surface area contributed by atoms with Gasteiger partial charge >= 0.3 is 156 Å². The second kappa shape index (κ2) is 8.63. The van der Waals surface area contributed by atoms with Gasteiger partial charge in [-0.15, -0.1) is 5.10 Å². The van der Waals surface area contributed by atoms with Crippen LogP contribution in [0.5, 0.6) is 5.75 Å². The number of hydrogen-bond acceptors (Lipinski definition) is 6. The number of rotatable bonds is 6. The zero-order chi connectivity index (χ0) is 22.9. The fraction of sp³-hybridized carbons (Fsp3) is 0.200.